The van der Waals surface area contributed by atoms with Crippen molar-refractivity contribution in [2.75, 3.05) is 12.3 Å². The molecular weight excluding hydrogens is 302 g/mol. The lowest BCUT2D eigenvalue weighted by Crippen LogP contribution is -2.34. The second-order valence-electron chi connectivity index (χ2n) is 4.88. The van der Waals surface area contributed by atoms with Gasteiger partial charge in [-0.25, -0.2) is 4.98 Å². The largest absolute Gasteiger partial charge is 0.325 e. The zero-order valence-corrected chi connectivity index (χ0v) is 13.5. The van der Waals surface area contributed by atoms with E-state index in [4.69, 9.17) is 0 Å². The van der Waals surface area contributed by atoms with Crippen LogP contribution in [0.1, 0.15) is 29.4 Å². The summed E-state index contributed by atoms with van der Waals surface area (Å²) in [6.07, 6.45) is 7.37. The number of hydrogen-bond donors (Lipinski definition) is 0. The first-order valence-corrected chi connectivity index (χ1v) is 8.95. The maximum atomic E-state index is 12.6. The molecule has 1 fully saturated rings. The molecule has 2 aromatic rings. The van der Waals surface area contributed by atoms with E-state index in [1.165, 1.54) is 11.3 Å². The average Bonchev–Trinajstić information content (AvgIpc) is 3.17. The van der Waals surface area contributed by atoms with Crippen LogP contribution in [-0.4, -0.2) is 38.4 Å². The highest BCUT2D eigenvalue weighted by Crippen LogP contribution is 2.31. The van der Waals surface area contributed by atoms with Crippen molar-refractivity contribution in [3.05, 3.63) is 35.6 Å². The molecule has 0 aromatic carbocycles. The van der Waals surface area contributed by atoms with Gasteiger partial charge in [0.25, 0.3) is 5.91 Å². The third-order valence-corrected chi connectivity index (χ3v) is 5.74. The zero-order valence-electron chi connectivity index (χ0n) is 11.9. The third-order valence-electron chi connectivity index (χ3n) is 3.41. The van der Waals surface area contributed by atoms with Crippen LogP contribution in [0.3, 0.4) is 0 Å². The Hall–Kier alpha value is -1.40. The lowest BCUT2D eigenvalue weighted by Gasteiger charge is -2.22. The van der Waals surface area contributed by atoms with Gasteiger partial charge in [0.1, 0.15) is 9.88 Å². The van der Waals surface area contributed by atoms with E-state index in [0.29, 0.717) is 5.37 Å². The summed E-state index contributed by atoms with van der Waals surface area (Å²) in [6.45, 7) is 3.00. The van der Waals surface area contributed by atoms with Gasteiger partial charge in [0.2, 0.25) is 0 Å². The highest BCUT2D eigenvalue weighted by atomic mass is 32.2. The average molecular weight is 319 g/mol. The van der Waals surface area contributed by atoms with E-state index in [-0.39, 0.29) is 5.91 Å². The predicted octanol–water partition coefficient (Wildman–Crippen LogP) is 3.52. The van der Waals surface area contributed by atoms with Crippen LogP contribution in [0, 0.1) is 0 Å². The molecule has 0 spiro atoms. The first kappa shape index (κ1) is 14.5. The van der Waals surface area contributed by atoms with E-state index in [0.717, 1.165) is 40.6 Å². The molecular formula is C15H17N3OS2. The lowest BCUT2D eigenvalue weighted by molar-refractivity contribution is 0.0761. The highest BCUT2D eigenvalue weighted by Gasteiger charge is 2.30. The van der Waals surface area contributed by atoms with Crippen LogP contribution >= 0.6 is 23.1 Å². The number of thioether (sulfide) groups is 1. The lowest BCUT2D eigenvalue weighted by atomic mass is 10.3. The fraction of sp³-hybridized carbons (Fsp3) is 0.400. The Morgan fingerprint density at radius 3 is 3.14 bits per heavy atom. The van der Waals surface area contributed by atoms with Crippen molar-refractivity contribution in [3.63, 3.8) is 0 Å². The van der Waals surface area contributed by atoms with Crippen molar-refractivity contribution in [1.82, 2.24) is 14.9 Å². The molecule has 1 atom stereocenters. The number of pyridine rings is 1. The molecule has 6 heteroatoms. The van der Waals surface area contributed by atoms with Gasteiger partial charge < -0.3 is 4.90 Å². The van der Waals surface area contributed by atoms with E-state index in [1.807, 2.05) is 28.8 Å². The molecule has 1 amide bonds. The van der Waals surface area contributed by atoms with Gasteiger partial charge in [0.15, 0.2) is 0 Å². The SMILES string of the molecule is CCC[C@H]1SCCN1C(=O)c1cnc(-c2cccnc2)s1. The molecule has 0 unspecified atom stereocenters. The molecule has 1 aliphatic rings. The van der Waals surface area contributed by atoms with E-state index >= 15 is 0 Å². The molecule has 2 aromatic heterocycles. The van der Waals surface area contributed by atoms with Crippen LogP contribution in [0.15, 0.2) is 30.7 Å². The van der Waals surface area contributed by atoms with Crippen molar-refractivity contribution >= 4 is 29.0 Å². The summed E-state index contributed by atoms with van der Waals surface area (Å²) in [6, 6.07) is 3.85. The maximum Gasteiger partial charge on any atom is 0.266 e. The number of hydrogen-bond acceptors (Lipinski definition) is 5. The van der Waals surface area contributed by atoms with Gasteiger partial charge in [-0.1, -0.05) is 13.3 Å². The second kappa shape index (κ2) is 6.58. The molecule has 3 rings (SSSR count). The van der Waals surface area contributed by atoms with E-state index in [2.05, 4.69) is 16.9 Å². The molecule has 21 heavy (non-hydrogen) atoms. The summed E-state index contributed by atoms with van der Waals surface area (Å²) >= 11 is 3.33. The van der Waals surface area contributed by atoms with Gasteiger partial charge in [-0.15, -0.1) is 23.1 Å². The normalized spacial score (nSPS) is 18.1. The van der Waals surface area contributed by atoms with Gasteiger partial charge in [-0.3, -0.25) is 9.78 Å². The van der Waals surface area contributed by atoms with Crippen LogP contribution in [0.2, 0.25) is 0 Å². The molecule has 3 heterocycles. The van der Waals surface area contributed by atoms with Gasteiger partial charge in [0, 0.05) is 30.3 Å². The molecule has 4 nitrogen and oxygen atoms in total. The topological polar surface area (TPSA) is 46.1 Å². The highest BCUT2D eigenvalue weighted by molar-refractivity contribution is 8.00. The van der Waals surface area contributed by atoms with Crippen molar-refractivity contribution in [2.45, 2.75) is 25.1 Å². The van der Waals surface area contributed by atoms with Crippen molar-refractivity contribution in [1.29, 1.82) is 0 Å². The Labute approximate surface area is 132 Å². The molecule has 0 saturated carbocycles. The Morgan fingerprint density at radius 1 is 1.48 bits per heavy atom. The molecule has 1 aliphatic heterocycles. The monoisotopic (exact) mass is 319 g/mol. The summed E-state index contributed by atoms with van der Waals surface area (Å²) in [5.41, 5.74) is 0.961. The number of amides is 1. The van der Waals surface area contributed by atoms with Crippen LogP contribution in [0.5, 0.6) is 0 Å². The quantitative estimate of drug-likeness (QED) is 0.865. The summed E-state index contributed by atoms with van der Waals surface area (Å²) in [4.78, 5) is 23.8. The molecule has 0 N–H and O–H groups in total. The van der Waals surface area contributed by atoms with Gasteiger partial charge in [-0.2, -0.15) is 0 Å². The summed E-state index contributed by atoms with van der Waals surface area (Å²) in [5.74, 6) is 1.15. The fourth-order valence-corrected chi connectivity index (χ4v) is 4.60. The third kappa shape index (κ3) is 3.11. The molecule has 0 bridgehead atoms. The second-order valence-corrected chi connectivity index (χ2v) is 7.20. The predicted molar refractivity (Wildman–Crippen MR) is 87.5 cm³/mol. The van der Waals surface area contributed by atoms with Gasteiger partial charge >= 0.3 is 0 Å². The first-order chi connectivity index (χ1) is 10.3. The Morgan fingerprint density at radius 2 is 2.38 bits per heavy atom. The Bertz CT molecular complexity index is 614. The minimum Gasteiger partial charge on any atom is -0.325 e. The number of thiazole rings is 1. The zero-order chi connectivity index (χ0) is 14.7. The van der Waals surface area contributed by atoms with E-state index in [1.54, 1.807) is 18.6 Å². The maximum absolute atomic E-state index is 12.6. The van der Waals surface area contributed by atoms with Crippen LogP contribution in [0.4, 0.5) is 0 Å². The number of aromatic nitrogens is 2. The number of nitrogens with zero attached hydrogens (tertiary/aromatic N) is 3. The van der Waals surface area contributed by atoms with E-state index in [9.17, 15) is 4.79 Å². The van der Waals surface area contributed by atoms with Crippen LogP contribution in [-0.2, 0) is 0 Å². The number of carbonyl (C=O) groups is 1. The van der Waals surface area contributed by atoms with E-state index < -0.39 is 0 Å². The number of carbonyl (C=O) groups excluding carboxylic acids is 1. The Balaban J connectivity index is 1.78. The van der Waals surface area contributed by atoms with Crippen LogP contribution < -0.4 is 0 Å². The summed E-state index contributed by atoms with van der Waals surface area (Å²) < 4.78 is 0. The van der Waals surface area contributed by atoms with Crippen molar-refractivity contribution in [2.24, 2.45) is 0 Å². The minimum absolute atomic E-state index is 0.117. The van der Waals surface area contributed by atoms with Crippen molar-refractivity contribution < 1.29 is 4.79 Å². The first-order valence-electron chi connectivity index (χ1n) is 7.08. The molecule has 110 valence electrons. The Kier molecular flexibility index (Phi) is 4.55. The van der Waals surface area contributed by atoms with Gasteiger partial charge in [-0.05, 0) is 18.6 Å². The van der Waals surface area contributed by atoms with Gasteiger partial charge in [0.05, 0.1) is 11.6 Å². The summed E-state index contributed by atoms with van der Waals surface area (Å²) in [5, 5.41) is 1.18. The summed E-state index contributed by atoms with van der Waals surface area (Å²) in [7, 11) is 0. The fourth-order valence-electron chi connectivity index (χ4n) is 2.38. The standard InChI is InChI=1S/C15H17N3OS2/c1-2-4-13-18(7-8-20-13)15(19)12-10-17-14(21-12)11-5-3-6-16-9-11/h3,5-6,9-10,13H,2,4,7-8H2,1H3/t13-/m1/s1. The molecule has 0 radical (unpaired) electrons. The smallest absolute Gasteiger partial charge is 0.266 e. The minimum atomic E-state index is 0.117. The number of rotatable bonds is 4. The van der Waals surface area contributed by atoms with Crippen molar-refractivity contribution in [3.8, 4) is 10.6 Å². The molecule has 0 aliphatic carbocycles. The van der Waals surface area contributed by atoms with Crippen LogP contribution in [0.25, 0.3) is 10.6 Å². The molecule has 1 saturated heterocycles.